The normalized spacial score (nSPS) is 51.2. The summed E-state index contributed by atoms with van der Waals surface area (Å²) >= 11 is 0. The van der Waals surface area contributed by atoms with Crippen molar-refractivity contribution in [2.75, 3.05) is 0 Å². The van der Waals surface area contributed by atoms with E-state index in [0.717, 1.165) is 51.4 Å². The van der Waals surface area contributed by atoms with Gasteiger partial charge in [0.05, 0.1) is 5.41 Å². The van der Waals surface area contributed by atoms with E-state index in [9.17, 15) is 14.7 Å². The van der Waals surface area contributed by atoms with Crippen molar-refractivity contribution >= 4 is 24.2 Å². The van der Waals surface area contributed by atoms with Crippen molar-refractivity contribution in [1.29, 1.82) is 0 Å². The van der Waals surface area contributed by atoms with Crippen molar-refractivity contribution in [2.45, 2.75) is 106 Å². The molecule has 0 unspecified atom stereocenters. The molecule has 0 saturated heterocycles. The molecule has 5 aliphatic carbocycles. The summed E-state index contributed by atoms with van der Waals surface area (Å²) in [4.78, 5) is 25.7. The lowest BCUT2D eigenvalue weighted by Gasteiger charge is -2.72. The molecule has 34 heavy (non-hydrogen) atoms. The number of Topliss-reactive ketones (excluding diaryl/α,β-unsaturated/α-hetero) is 1. The number of carboxylic acid groups (broad SMARTS) is 1. The lowest BCUT2D eigenvalue weighted by molar-refractivity contribution is -0.235. The molecule has 5 rings (SSSR count). The van der Waals surface area contributed by atoms with Crippen LogP contribution in [-0.4, -0.2) is 16.9 Å². The SMILES string of the molecule is C=C(C)[C@@H]1CC[C@]2(C(=O)O)CC[C@]3(C)[C@H](CC[C@@H]4[C@@]5(C)CCC(=O)C(C)(C)[C@@H]5CC[C@]43C)[C@@H]12.Cl. The third-order valence-electron chi connectivity index (χ3n) is 13.2. The van der Waals surface area contributed by atoms with Gasteiger partial charge in [-0.25, -0.2) is 0 Å². The third-order valence-corrected chi connectivity index (χ3v) is 13.2. The van der Waals surface area contributed by atoms with E-state index >= 15 is 0 Å². The maximum absolute atomic E-state index is 12.9. The number of allylic oxidation sites excluding steroid dienone is 1. The Labute approximate surface area is 213 Å². The molecule has 0 bridgehead atoms. The average Bonchev–Trinajstić information content (AvgIpc) is 3.13. The molecule has 0 aromatic rings. The molecule has 0 spiro atoms. The number of carbonyl (C=O) groups excluding carboxylic acids is 1. The van der Waals surface area contributed by atoms with Gasteiger partial charge in [0.25, 0.3) is 0 Å². The second-order valence-electron chi connectivity index (χ2n) is 14.3. The smallest absolute Gasteiger partial charge is 0.309 e. The lowest BCUT2D eigenvalue weighted by atomic mass is 9.32. The van der Waals surface area contributed by atoms with Crippen molar-refractivity contribution in [3.63, 3.8) is 0 Å². The first-order valence-electron chi connectivity index (χ1n) is 13.7. The van der Waals surface area contributed by atoms with Crippen LogP contribution in [-0.2, 0) is 9.59 Å². The first-order valence-corrected chi connectivity index (χ1v) is 13.7. The quantitative estimate of drug-likeness (QED) is 0.403. The maximum atomic E-state index is 12.9. The van der Waals surface area contributed by atoms with Crippen molar-refractivity contribution in [1.82, 2.24) is 0 Å². The molecular weight excluding hydrogens is 444 g/mol. The molecule has 0 radical (unpaired) electrons. The number of hydrogen-bond donors (Lipinski definition) is 1. The van der Waals surface area contributed by atoms with Gasteiger partial charge in [0.15, 0.2) is 0 Å². The summed E-state index contributed by atoms with van der Waals surface area (Å²) in [7, 11) is 0. The van der Waals surface area contributed by atoms with Crippen LogP contribution in [0.25, 0.3) is 0 Å². The lowest BCUT2D eigenvalue weighted by Crippen LogP contribution is -2.66. The van der Waals surface area contributed by atoms with Gasteiger partial charge in [0.1, 0.15) is 5.78 Å². The molecule has 5 fully saturated rings. The highest BCUT2D eigenvalue weighted by Gasteiger charge is 2.72. The minimum absolute atomic E-state index is 0. The van der Waals surface area contributed by atoms with Gasteiger partial charge in [-0.05, 0) is 111 Å². The highest BCUT2D eigenvalue weighted by molar-refractivity contribution is 5.86. The second-order valence-corrected chi connectivity index (χ2v) is 14.3. The molecule has 1 N–H and O–H groups in total. The van der Waals surface area contributed by atoms with Crippen molar-refractivity contribution < 1.29 is 14.7 Å². The van der Waals surface area contributed by atoms with Gasteiger partial charge < -0.3 is 5.11 Å². The van der Waals surface area contributed by atoms with Crippen LogP contribution in [0.5, 0.6) is 0 Å². The Morgan fingerprint density at radius 3 is 2.18 bits per heavy atom. The van der Waals surface area contributed by atoms with Crippen molar-refractivity contribution in [2.24, 2.45) is 56.7 Å². The summed E-state index contributed by atoms with van der Waals surface area (Å²) in [5.41, 5.74) is 1.03. The van der Waals surface area contributed by atoms with Gasteiger partial charge in [-0.1, -0.05) is 46.8 Å². The zero-order valence-corrected chi connectivity index (χ0v) is 23.2. The Balaban J connectivity index is 0.00000274. The molecule has 0 heterocycles. The fraction of sp³-hybridized carbons (Fsp3) is 0.867. The Morgan fingerprint density at radius 2 is 1.56 bits per heavy atom. The first kappa shape index (κ1) is 26.2. The van der Waals surface area contributed by atoms with Crippen LogP contribution in [0.4, 0.5) is 0 Å². The Morgan fingerprint density at radius 1 is 0.882 bits per heavy atom. The summed E-state index contributed by atoms with van der Waals surface area (Å²) in [5, 5.41) is 10.5. The molecular formula is C30H47ClO3. The van der Waals surface area contributed by atoms with Crippen LogP contribution in [0.1, 0.15) is 106 Å². The van der Waals surface area contributed by atoms with Crippen molar-refractivity contribution in [3.8, 4) is 0 Å². The fourth-order valence-corrected chi connectivity index (χ4v) is 11.3. The Bertz CT molecular complexity index is 909. The van der Waals surface area contributed by atoms with Gasteiger partial charge in [0, 0.05) is 11.8 Å². The van der Waals surface area contributed by atoms with E-state index in [-0.39, 0.29) is 40.0 Å². The Kier molecular flexibility index (Phi) is 6.04. The third kappa shape index (κ3) is 2.94. The number of hydrogen-bond acceptors (Lipinski definition) is 2. The topological polar surface area (TPSA) is 54.4 Å². The van der Waals surface area contributed by atoms with Crippen LogP contribution >= 0.6 is 12.4 Å². The van der Waals surface area contributed by atoms with Gasteiger partial charge >= 0.3 is 5.97 Å². The molecule has 5 saturated carbocycles. The number of carboxylic acids is 1. The largest absolute Gasteiger partial charge is 0.481 e. The highest BCUT2D eigenvalue weighted by atomic mass is 35.5. The molecule has 0 amide bonds. The van der Waals surface area contributed by atoms with Crippen LogP contribution < -0.4 is 0 Å². The molecule has 4 heteroatoms. The summed E-state index contributed by atoms with van der Waals surface area (Å²) in [5.74, 6) is 2.07. The number of carbonyl (C=O) groups is 2. The predicted molar refractivity (Wildman–Crippen MR) is 139 cm³/mol. The summed E-state index contributed by atoms with van der Waals surface area (Å²) < 4.78 is 0. The van der Waals surface area contributed by atoms with Gasteiger partial charge in [0.2, 0.25) is 0 Å². The zero-order valence-electron chi connectivity index (χ0n) is 22.3. The Hall–Kier alpha value is -0.830. The molecule has 9 atom stereocenters. The summed E-state index contributed by atoms with van der Waals surface area (Å²) in [6.45, 7) is 18.5. The number of rotatable bonds is 2. The second kappa shape index (κ2) is 7.83. The molecule has 0 aromatic carbocycles. The molecule has 3 nitrogen and oxygen atoms in total. The van der Waals surface area contributed by atoms with E-state index in [1.54, 1.807) is 0 Å². The van der Waals surface area contributed by atoms with Gasteiger partial charge in [-0.15, -0.1) is 12.4 Å². The van der Waals surface area contributed by atoms with E-state index in [0.29, 0.717) is 29.5 Å². The standard InChI is InChI=1S/C30H46O3.ClH/c1-18(2)19-10-15-30(25(32)33)17-16-28(6)20(24(19)30)8-9-22-27(5)13-12-23(31)26(3,4)21(27)11-14-29(22,28)7;/h19-22,24H,1,8-17H2,2-7H3,(H,32,33);1H/t19-,20+,21-,22+,24+,27-,28+,29+,30-;/m0./s1. The fourth-order valence-electron chi connectivity index (χ4n) is 11.3. The summed E-state index contributed by atoms with van der Waals surface area (Å²) in [6, 6.07) is 0. The van der Waals surface area contributed by atoms with E-state index in [1.165, 1.54) is 18.4 Å². The van der Waals surface area contributed by atoms with E-state index in [4.69, 9.17) is 0 Å². The molecule has 192 valence electrons. The number of ketones is 1. The number of aliphatic carboxylic acids is 1. The number of fused-ring (bicyclic) bond motifs is 7. The first-order chi connectivity index (χ1) is 15.3. The van der Waals surface area contributed by atoms with E-state index < -0.39 is 11.4 Å². The van der Waals surface area contributed by atoms with Crippen LogP contribution in [0.15, 0.2) is 12.2 Å². The summed E-state index contributed by atoms with van der Waals surface area (Å²) in [6.07, 6.45) is 10.1. The van der Waals surface area contributed by atoms with Crippen LogP contribution in [0, 0.1) is 56.7 Å². The van der Waals surface area contributed by atoms with Crippen molar-refractivity contribution in [3.05, 3.63) is 12.2 Å². The number of halogens is 1. The zero-order chi connectivity index (χ0) is 24.2. The predicted octanol–water partition coefficient (Wildman–Crippen LogP) is 7.72. The molecule has 0 aromatic heterocycles. The van der Waals surface area contributed by atoms with Gasteiger partial charge in [-0.3, -0.25) is 9.59 Å². The minimum Gasteiger partial charge on any atom is -0.481 e. The minimum atomic E-state index is -0.547. The molecule has 0 aliphatic heterocycles. The average molecular weight is 491 g/mol. The molecule has 5 aliphatic rings. The maximum Gasteiger partial charge on any atom is 0.309 e. The van der Waals surface area contributed by atoms with Gasteiger partial charge in [-0.2, -0.15) is 0 Å². The highest BCUT2D eigenvalue weighted by Crippen LogP contribution is 2.77. The van der Waals surface area contributed by atoms with Crippen LogP contribution in [0.2, 0.25) is 0 Å². The monoisotopic (exact) mass is 490 g/mol. The van der Waals surface area contributed by atoms with E-state index in [2.05, 4.69) is 48.1 Å². The van der Waals surface area contributed by atoms with Crippen LogP contribution in [0.3, 0.4) is 0 Å². The van der Waals surface area contributed by atoms with E-state index in [1.807, 2.05) is 0 Å².